The third-order valence-electron chi connectivity index (χ3n) is 4.71. The van der Waals surface area contributed by atoms with Crippen LogP contribution >= 0.6 is 11.6 Å². The van der Waals surface area contributed by atoms with E-state index in [1.165, 1.54) is 32.1 Å². The van der Waals surface area contributed by atoms with Gasteiger partial charge in [-0.25, -0.2) is 0 Å². The van der Waals surface area contributed by atoms with Crippen molar-refractivity contribution in [2.45, 2.75) is 32.1 Å². The van der Waals surface area contributed by atoms with Gasteiger partial charge in [-0.2, -0.15) is 0 Å². The SMILES string of the molecule is O=C(COc1ccc(-c2ccccc2)cc1Cl)NCC1CCCCC1. The molecule has 0 radical (unpaired) electrons. The predicted octanol–water partition coefficient (Wildman–Crippen LogP) is 5.08. The highest BCUT2D eigenvalue weighted by Gasteiger charge is 2.14. The van der Waals surface area contributed by atoms with Gasteiger partial charge in [0.1, 0.15) is 5.75 Å². The van der Waals surface area contributed by atoms with Crippen molar-refractivity contribution >= 4 is 17.5 Å². The Morgan fingerprint density at radius 2 is 1.80 bits per heavy atom. The van der Waals surface area contributed by atoms with E-state index < -0.39 is 0 Å². The second-order valence-corrected chi connectivity index (χ2v) is 7.02. The van der Waals surface area contributed by atoms with Gasteiger partial charge in [0.15, 0.2) is 6.61 Å². The van der Waals surface area contributed by atoms with E-state index in [2.05, 4.69) is 5.32 Å². The second-order valence-electron chi connectivity index (χ2n) is 6.61. The molecule has 0 atom stereocenters. The van der Waals surface area contributed by atoms with Crippen molar-refractivity contribution in [3.8, 4) is 16.9 Å². The predicted molar refractivity (Wildman–Crippen MR) is 102 cm³/mol. The summed E-state index contributed by atoms with van der Waals surface area (Å²) in [6.45, 7) is 0.750. The average molecular weight is 358 g/mol. The molecule has 0 saturated heterocycles. The van der Waals surface area contributed by atoms with E-state index >= 15 is 0 Å². The van der Waals surface area contributed by atoms with Crippen molar-refractivity contribution in [2.75, 3.05) is 13.2 Å². The summed E-state index contributed by atoms with van der Waals surface area (Å²) in [6, 6.07) is 15.7. The molecule has 0 aromatic heterocycles. The van der Waals surface area contributed by atoms with Gasteiger partial charge in [-0.1, -0.05) is 67.3 Å². The first kappa shape index (κ1) is 17.8. The summed E-state index contributed by atoms with van der Waals surface area (Å²) in [4.78, 5) is 12.0. The second kappa shape index (κ2) is 8.91. The Morgan fingerprint density at radius 1 is 1.04 bits per heavy atom. The highest BCUT2D eigenvalue weighted by Crippen LogP contribution is 2.30. The third kappa shape index (κ3) is 5.23. The lowest BCUT2D eigenvalue weighted by molar-refractivity contribution is -0.123. The average Bonchev–Trinajstić information content (AvgIpc) is 2.67. The Balaban J connectivity index is 1.50. The van der Waals surface area contributed by atoms with Crippen molar-refractivity contribution in [3.05, 3.63) is 53.6 Å². The molecule has 3 rings (SSSR count). The highest BCUT2D eigenvalue weighted by atomic mass is 35.5. The molecule has 0 bridgehead atoms. The van der Waals surface area contributed by atoms with Crippen molar-refractivity contribution in [1.29, 1.82) is 0 Å². The maximum absolute atomic E-state index is 12.0. The summed E-state index contributed by atoms with van der Waals surface area (Å²) < 4.78 is 5.59. The summed E-state index contributed by atoms with van der Waals surface area (Å²) in [7, 11) is 0. The highest BCUT2D eigenvalue weighted by molar-refractivity contribution is 6.32. The summed E-state index contributed by atoms with van der Waals surface area (Å²) in [5.74, 6) is 1.06. The van der Waals surface area contributed by atoms with Gasteiger partial charge < -0.3 is 10.1 Å². The van der Waals surface area contributed by atoms with E-state index in [1.807, 2.05) is 48.5 Å². The van der Waals surface area contributed by atoms with E-state index in [0.29, 0.717) is 16.7 Å². The van der Waals surface area contributed by atoms with Crippen molar-refractivity contribution < 1.29 is 9.53 Å². The fourth-order valence-corrected chi connectivity index (χ4v) is 3.51. The van der Waals surface area contributed by atoms with Crippen LogP contribution in [0.1, 0.15) is 32.1 Å². The molecule has 1 aliphatic carbocycles. The number of amides is 1. The van der Waals surface area contributed by atoms with Gasteiger partial charge in [0.25, 0.3) is 5.91 Å². The molecule has 1 saturated carbocycles. The van der Waals surface area contributed by atoms with Gasteiger partial charge in [-0.3, -0.25) is 4.79 Å². The summed E-state index contributed by atoms with van der Waals surface area (Å²) in [5.41, 5.74) is 2.13. The lowest BCUT2D eigenvalue weighted by Gasteiger charge is -2.21. The minimum absolute atomic E-state index is 0.00285. The molecule has 0 unspecified atom stereocenters. The number of nitrogens with one attached hydrogen (secondary N) is 1. The largest absolute Gasteiger partial charge is 0.482 e. The third-order valence-corrected chi connectivity index (χ3v) is 5.01. The zero-order valence-electron chi connectivity index (χ0n) is 14.3. The maximum Gasteiger partial charge on any atom is 0.257 e. The Hall–Kier alpha value is -2.00. The molecule has 1 aliphatic rings. The summed E-state index contributed by atoms with van der Waals surface area (Å²) in [6.07, 6.45) is 6.31. The molecule has 2 aromatic rings. The van der Waals surface area contributed by atoms with Crippen molar-refractivity contribution in [2.24, 2.45) is 5.92 Å². The molecule has 3 nitrogen and oxygen atoms in total. The van der Waals surface area contributed by atoms with E-state index in [0.717, 1.165) is 17.7 Å². The number of carbonyl (C=O) groups is 1. The lowest BCUT2D eigenvalue weighted by atomic mass is 9.89. The summed E-state index contributed by atoms with van der Waals surface area (Å²) in [5, 5.41) is 3.49. The Morgan fingerprint density at radius 3 is 2.52 bits per heavy atom. The van der Waals surface area contributed by atoms with Gasteiger partial charge in [-0.05, 0) is 42.0 Å². The quantitative estimate of drug-likeness (QED) is 0.782. The van der Waals surface area contributed by atoms with E-state index in [-0.39, 0.29) is 12.5 Å². The van der Waals surface area contributed by atoms with Crippen molar-refractivity contribution in [3.63, 3.8) is 0 Å². The Kier molecular flexibility index (Phi) is 6.35. The first-order valence-electron chi connectivity index (χ1n) is 8.97. The number of benzene rings is 2. The van der Waals surface area contributed by atoms with Crippen LogP contribution in [0.15, 0.2) is 48.5 Å². The fraction of sp³-hybridized carbons (Fsp3) is 0.381. The van der Waals surface area contributed by atoms with Crippen LogP contribution in [-0.4, -0.2) is 19.1 Å². The smallest absolute Gasteiger partial charge is 0.257 e. The van der Waals surface area contributed by atoms with Gasteiger partial charge in [-0.15, -0.1) is 0 Å². The molecule has 4 heteroatoms. The maximum atomic E-state index is 12.0. The van der Waals surface area contributed by atoms with Crippen LogP contribution in [0.3, 0.4) is 0 Å². The van der Waals surface area contributed by atoms with Gasteiger partial charge >= 0.3 is 0 Å². The fourth-order valence-electron chi connectivity index (χ4n) is 3.27. The standard InChI is InChI=1S/C21H24ClNO2/c22-19-13-18(17-9-5-2-6-10-17)11-12-20(19)25-15-21(24)23-14-16-7-3-1-4-8-16/h2,5-6,9-13,16H,1,3-4,7-8,14-15H2,(H,23,24). The molecule has 0 aliphatic heterocycles. The zero-order chi connectivity index (χ0) is 17.5. The molecule has 2 aromatic carbocycles. The molecule has 1 N–H and O–H groups in total. The summed E-state index contributed by atoms with van der Waals surface area (Å²) >= 11 is 6.30. The number of hydrogen-bond acceptors (Lipinski definition) is 2. The normalized spacial score (nSPS) is 14.9. The van der Waals surface area contributed by atoms with Crippen LogP contribution < -0.4 is 10.1 Å². The minimum atomic E-state index is -0.0891. The molecule has 25 heavy (non-hydrogen) atoms. The van der Waals surface area contributed by atoms with Gasteiger partial charge in [0.2, 0.25) is 0 Å². The first-order valence-corrected chi connectivity index (χ1v) is 9.34. The number of hydrogen-bond donors (Lipinski definition) is 1. The van der Waals surface area contributed by atoms with Crippen LogP contribution in [0.4, 0.5) is 0 Å². The molecular formula is C21H24ClNO2. The number of halogens is 1. The Bertz CT molecular complexity index is 696. The molecule has 0 heterocycles. The van der Waals surface area contributed by atoms with E-state index in [9.17, 15) is 4.79 Å². The van der Waals surface area contributed by atoms with Crippen LogP contribution in [0, 0.1) is 5.92 Å². The Labute approximate surface area is 154 Å². The molecule has 0 spiro atoms. The molecule has 1 amide bonds. The topological polar surface area (TPSA) is 38.3 Å². The zero-order valence-corrected chi connectivity index (χ0v) is 15.1. The monoisotopic (exact) mass is 357 g/mol. The van der Waals surface area contributed by atoms with Crippen LogP contribution in [0.25, 0.3) is 11.1 Å². The number of rotatable bonds is 6. The first-order chi connectivity index (χ1) is 12.2. The van der Waals surface area contributed by atoms with E-state index in [1.54, 1.807) is 0 Å². The molecule has 132 valence electrons. The van der Waals surface area contributed by atoms with E-state index in [4.69, 9.17) is 16.3 Å². The lowest BCUT2D eigenvalue weighted by Crippen LogP contribution is -2.33. The minimum Gasteiger partial charge on any atom is -0.482 e. The van der Waals surface area contributed by atoms with Crippen LogP contribution in [-0.2, 0) is 4.79 Å². The number of carbonyl (C=O) groups excluding carboxylic acids is 1. The van der Waals surface area contributed by atoms with Crippen molar-refractivity contribution in [1.82, 2.24) is 5.32 Å². The molecule has 1 fully saturated rings. The number of ether oxygens (including phenoxy) is 1. The van der Waals surface area contributed by atoms with Crippen LogP contribution in [0.5, 0.6) is 5.75 Å². The van der Waals surface area contributed by atoms with Gasteiger partial charge in [0.05, 0.1) is 5.02 Å². The van der Waals surface area contributed by atoms with Crippen LogP contribution in [0.2, 0.25) is 5.02 Å². The van der Waals surface area contributed by atoms with Gasteiger partial charge in [0, 0.05) is 6.54 Å². The molecular weight excluding hydrogens is 334 g/mol.